The summed E-state index contributed by atoms with van der Waals surface area (Å²) >= 11 is 0. The van der Waals surface area contributed by atoms with E-state index >= 15 is 0 Å². The predicted molar refractivity (Wildman–Crippen MR) is 77.9 cm³/mol. The minimum atomic E-state index is -0.0299. The fourth-order valence-electron chi connectivity index (χ4n) is 1.99. The number of aromatic nitrogens is 2. The van der Waals surface area contributed by atoms with Gasteiger partial charge in [0.25, 0.3) is 0 Å². The van der Waals surface area contributed by atoms with Gasteiger partial charge >= 0.3 is 0 Å². The van der Waals surface area contributed by atoms with Crippen LogP contribution in [-0.2, 0) is 18.3 Å². The molecule has 0 aliphatic heterocycles. The van der Waals surface area contributed by atoms with E-state index in [-0.39, 0.29) is 5.91 Å². The van der Waals surface area contributed by atoms with Gasteiger partial charge in [0, 0.05) is 19.7 Å². The first-order valence-electron chi connectivity index (χ1n) is 6.50. The molecule has 20 heavy (non-hydrogen) atoms. The first kappa shape index (κ1) is 14.1. The van der Waals surface area contributed by atoms with Crippen molar-refractivity contribution < 1.29 is 9.53 Å². The molecule has 0 saturated heterocycles. The molecule has 0 spiro atoms. The topological polar surface area (TPSA) is 56.1 Å². The van der Waals surface area contributed by atoms with Crippen LogP contribution in [0.2, 0.25) is 0 Å². The first-order valence-corrected chi connectivity index (χ1v) is 6.50. The number of hydrogen-bond acceptors (Lipinski definition) is 3. The number of benzene rings is 1. The van der Waals surface area contributed by atoms with E-state index in [4.69, 9.17) is 4.74 Å². The zero-order valence-electron chi connectivity index (χ0n) is 12.0. The second-order valence-electron chi connectivity index (χ2n) is 4.77. The van der Waals surface area contributed by atoms with Crippen molar-refractivity contribution in [1.82, 2.24) is 9.78 Å². The van der Waals surface area contributed by atoms with Crippen LogP contribution in [0.4, 0.5) is 5.69 Å². The van der Waals surface area contributed by atoms with E-state index in [9.17, 15) is 4.79 Å². The van der Waals surface area contributed by atoms with Crippen LogP contribution in [0.3, 0.4) is 0 Å². The van der Waals surface area contributed by atoms with E-state index in [1.807, 2.05) is 38.4 Å². The van der Waals surface area contributed by atoms with Gasteiger partial charge in [-0.25, -0.2) is 0 Å². The second kappa shape index (κ2) is 6.23. The Kier molecular flexibility index (Phi) is 4.40. The second-order valence-corrected chi connectivity index (χ2v) is 4.77. The van der Waals surface area contributed by atoms with Crippen molar-refractivity contribution >= 4 is 11.6 Å². The molecule has 106 valence electrons. The van der Waals surface area contributed by atoms with Gasteiger partial charge < -0.3 is 10.1 Å². The lowest BCUT2D eigenvalue weighted by Crippen LogP contribution is -2.13. The smallest absolute Gasteiger partial charge is 0.224 e. The minimum Gasteiger partial charge on any atom is -0.495 e. The summed E-state index contributed by atoms with van der Waals surface area (Å²) in [7, 11) is 3.46. The normalized spacial score (nSPS) is 10.3. The maximum atomic E-state index is 12.0. The van der Waals surface area contributed by atoms with Gasteiger partial charge in [-0.1, -0.05) is 6.07 Å². The molecule has 0 radical (unpaired) electrons. The van der Waals surface area contributed by atoms with Gasteiger partial charge in [0.1, 0.15) is 5.75 Å². The van der Waals surface area contributed by atoms with Crippen LogP contribution in [-0.4, -0.2) is 22.8 Å². The number of nitrogens with one attached hydrogen (secondary N) is 1. The number of amides is 1. The molecule has 0 aliphatic rings. The molecule has 1 aromatic heterocycles. The molecule has 5 heteroatoms. The molecule has 1 amide bonds. The summed E-state index contributed by atoms with van der Waals surface area (Å²) in [6, 6.07) is 5.71. The third-order valence-electron chi connectivity index (χ3n) is 3.03. The van der Waals surface area contributed by atoms with Crippen LogP contribution in [0.15, 0.2) is 30.6 Å². The molecule has 1 aromatic carbocycles. The maximum absolute atomic E-state index is 12.0. The highest BCUT2D eigenvalue weighted by Crippen LogP contribution is 2.25. The fraction of sp³-hybridized carbons (Fsp3) is 0.333. The summed E-state index contributed by atoms with van der Waals surface area (Å²) < 4.78 is 6.97. The summed E-state index contributed by atoms with van der Waals surface area (Å²) in [6.45, 7) is 1.98. The zero-order chi connectivity index (χ0) is 14.5. The van der Waals surface area contributed by atoms with Crippen LogP contribution in [0.25, 0.3) is 0 Å². The van der Waals surface area contributed by atoms with Crippen molar-refractivity contribution in [3.63, 3.8) is 0 Å². The first-order chi connectivity index (χ1) is 9.58. The molecule has 2 rings (SSSR count). The highest BCUT2D eigenvalue weighted by molar-refractivity contribution is 5.92. The molecule has 0 bridgehead atoms. The number of carbonyl (C=O) groups is 1. The van der Waals surface area contributed by atoms with E-state index in [2.05, 4.69) is 10.4 Å². The molecule has 1 heterocycles. The van der Waals surface area contributed by atoms with Crippen LogP contribution in [0.1, 0.15) is 17.5 Å². The maximum Gasteiger partial charge on any atom is 0.224 e. The average Bonchev–Trinajstić information content (AvgIpc) is 2.83. The molecule has 0 atom stereocenters. The standard InChI is InChI=1S/C15H19N3O2/c1-11-4-6-14(20-3)13(8-11)17-15(19)7-5-12-9-16-18(2)10-12/h4,6,8-10H,5,7H2,1-3H3,(H,17,19). The van der Waals surface area contributed by atoms with E-state index < -0.39 is 0 Å². The molecule has 0 aliphatic carbocycles. The van der Waals surface area contributed by atoms with E-state index in [0.29, 0.717) is 24.3 Å². The molecule has 2 aromatic rings. The Balaban J connectivity index is 1.96. The van der Waals surface area contributed by atoms with Crippen molar-refractivity contribution in [1.29, 1.82) is 0 Å². The van der Waals surface area contributed by atoms with Crippen molar-refractivity contribution in [3.8, 4) is 5.75 Å². The van der Waals surface area contributed by atoms with Crippen LogP contribution >= 0.6 is 0 Å². The minimum absolute atomic E-state index is 0.0299. The molecular weight excluding hydrogens is 254 g/mol. The number of aryl methyl sites for hydroxylation is 3. The zero-order valence-corrected chi connectivity index (χ0v) is 12.0. The lowest BCUT2D eigenvalue weighted by molar-refractivity contribution is -0.116. The van der Waals surface area contributed by atoms with Crippen LogP contribution in [0.5, 0.6) is 5.75 Å². The molecule has 0 unspecified atom stereocenters. The number of methoxy groups -OCH3 is 1. The molecular formula is C15H19N3O2. The Hall–Kier alpha value is -2.30. The van der Waals surface area contributed by atoms with E-state index in [0.717, 1.165) is 11.1 Å². The Labute approximate surface area is 118 Å². The number of carbonyl (C=O) groups excluding carboxylic acids is 1. The van der Waals surface area contributed by atoms with Gasteiger partial charge in [0.15, 0.2) is 0 Å². The number of rotatable bonds is 5. The third kappa shape index (κ3) is 3.60. The summed E-state index contributed by atoms with van der Waals surface area (Å²) in [5, 5.41) is 6.97. The average molecular weight is 273 g/mol. The third-order valence-corrected chi connectivity index (χ3v) is 3.03. The molecule has 0 fully saturated rings. The lowest BCUT2D eigenvalue weighted by Gasteiger charge is -2.10. The molecule has 0 saturated carbocycles. The van der Waals surface area contributed by atoms with E-state index in [1.54, 1.807) is 18.0 Å². The van der Waals surface area contributed by atoms with Gasteiger partial charge in [-0.05, 0) is 36.6 Å². The number of hydrogen-bond donors (Lipinski definition) is 1. The predicted octanol–water partition coefficient (Wildman–Crippen LogP) is 2.31. The lowest BCUT2D eigenvalue weighted by atomic mass is 10.1. The number of anilines is 1. The summed E-state index contributed by atoms with van der Waals surface area (Å²) in [6.07, 6.45) is 4.79. The highest BCUT2D eigenvalue weighted by Gasteiger charge is 2.08. The van der Waals surface area contributed by atoms with Gasteiger partial charge in [0.05, 0.1) is 19.0 Å². The Morgan fingerprint density at radius 3 is 2.90 bits per heavy atom. The van der Waals surface area contributed by atoms with Crippen molar-refractivity contribution in [2.45, 2.75) is 19.8 Å². The van der Waals surface area contributed by atoms with Gasteiger partial charge in [-0.2, -0.15) is 5.10 Å². The van der Waals surface area contributed by atoms with Gasteiger partial charge in [0.2, 0.25) is 5.91 Å². The summed E-state index contributed by atoms with van der Waals surface area (Å²) in [5.41, 5.74) is 2.84. The monoisotopic (exact) mass is 273 g/mol. The van der Waals surface area contributed by atoms with Crippen molar-refractivity contribution in [2.24, 2.45) is 7.05 Å². The number of ether oxygens (including phenoxy) is 1. The Morgan fingerprint density at radius 1 is 1.45 bits per heavy atom. The van der Waals surface area contributed by atoms with E-state index in [1.165, 1.54) is 0 Å². The molecule has 5 nitrogen and oxygen atoms in total. The highest BCUT2D eigenvalue weighted by atomic mass is 16.5. The largest absolute Gasteiger partial charge is 0.495 e. The van der Waals surface area contributed by atoms with Crippen molar-refractivity contribution in [3.05, 3.63) is 41.7 Å². The summed E-state index contributed by atoms with van der Waals surface area (Å²) in [4.78, 5) is 12.0. The van der Waals surface area contributed by atoms with Crippen molar-refractivity contribution in [2.75, 3.05) is 12.4 Å². The van der Waals surface area contributed by atoms with Crippen LogP contribution in [0, 0.1) is 6.92 Å². The summed E-state index contributed by atoms with van der Waals surface area (Å²) in [5.74, 6) is 0.642. The Bertz CT molecular complexity index is 605. The SMILES string of the molecule is COc1ccc(C)cc1NC(=O)CCc1cnn(C)c1. The quantitative estimate of drug-likeness (QED) is 0.909. The van der Waals surface area contributed by atoms with Gasteiger partial charge in [-0.3, -0.25) is 9.48 Å². The number of nitrogens with zero attached hydrogens (tertiary/aromatic N) is 2. The molecule has 1 N–H and O–H groups in total. The van der Waals surface area contributed by atoms with Crippen LogP contribution < -0.4 is 10.1 Å². The fourth-order valence-corrected chi connectivity index (χ4v) is 1.99. The van der Waals surface area contributed by atoms with Gasteiger partial charge in [-0.15, -0.1) is 0 Å². The Morgan fingerprint density at radius 2 is 2.25 bits per heavy atom.